The van der Waals surface area contributed by atoms with Crippen LogP contribution in [0.1, 0.15) is 27.7 Å². The molecule has 2 aliphatic rings. The van der Waals surface area contributed by atoms with Gasteiger partial charge in [-0.1, -0.05) is 0 Å². The molecule has 0 aromatic heterocycles. The summed E-state index contributed by atoms with van der Waals surface area (Å²) in [5, 5.41) is 11.3. The number of hydrogen-bond donors (Lipinski definition) is 0. The van der Waals surface area contributed by atoms with Gasteiger partial charge < -0.3 is 14.4 Å². The van der Waals surface area contributed by atoms with Gasteiger partial charge in [0.2, 0.25) is 10.0 Å². The van der Waals surface area contributed by atoms with E-state index >= 15 is 0 Å². The second kappa shape index (κ2) is 7.94. The Kier molecular flexibility index (Phi) is 5.95. The molecule has 156 valence electrons. The summed E-state index contributed by atoms with van der Waals surface area (Å²) in [5.41, 5.74) is 0.227. The minimum atomic E-state index is -3.93. The van der Waals surface area contributed by atoms with Crippen LogP contribution >= 0.6 is 0 Å². The third-order valence-electron chi connectivity index (χ3n) is 4.92. The molecular weight excluding hydrogens is 386 g/mol. The number of ether oxygens (including phenoxy) is 2. The lowest BCUT2D eigenvalue weighted by molar-refractivity contribution is -0.385. The Balaban J connectivity index is 2.06. The van der Waals surface area contributed by atoms with Gasteiger partial charge in [-0.2, -0.15) is 4.31 Å². The van der Waals surface area contributed by atoms with Gasteiger partial charge in [-0.15, -0.1) is 0 Å². The first kappa shape index (κ1) is 21.0. The van der Waals surface area contributed by atoms with Gasteiger partial charge in [-0.05, 0) is 33.8 Å². The van der Waals surface area contributed by atoms with E-state index in [-0.39, 0.29) is 48.1 Å². The van der Waals surface area contributed by atoms with E-state index in [4.69, 9.17) is 9.47 Å². The van der Waals surface area contributed by atoms with E-state index < -0.39 is 14.9 Å². The van der Waals surface area contributed by atoms with Crippen molar-refractivity contribution in [2.75, 3.05) is 31.1 Å². The summed E-state index contributed by atoms with van der Waals surface area (Å²) in [6.45, 7) is 8.94. The molecule has 2 saturated heterocycles. The standard InChI is InChI=1S/C18H27N3O6S/c1-12-8-19(9-13(2)26-12)17-6-5-16(21(22)23)7-18(17)28(24,25)20-10-14(3)27-15(4)11-20/h5-7,12-15H,8-11H2,1-4H3/t12-,13-,14-,15+/m0/s1. The van der Waals surface area contributed by atoms with Crippen LogP contribution in [0.4, 0.5) is 11.4 Å². The van der Waals surface area contributed by atoms with E-state index in [0.717, 1.165) is 0 Å². The van der Waals surface area contributed by atoms with Gasteiger partial charge in [0, 0.05) is 38.3 Å². The summed E-state index contributed by atoms with van der Waals surface area (Å²) in [5.74, 6) is 0. The van der Waals surface area contributed by atoms with E-state index in [9.17, 15) is 18.5 Å². The van der Waals surface area contributed by atoms with E-state index in [0.29, 0.717) is 18.8 Å². The number of nitrogens with zero attached hydrogens (tertiary/aromatic N) is 3. The number of benzene rings is 1. The fourth-order valence-electron chi connectivity index (χ4n) is 3.92. The second-order valence-electron chi connectivity index (χ2n) is 7.65. The van der Waals surface area contributed by atoms with Crippen LogP contribution in [-0.2, 0) is 19.5 Å². The number of hydrogen-bond acceptors (Lipinski definition) is 7. The van der Waals surface area contributed by atoms with Crippen LogP contribution in [0.5, 0.6) is 0 Å². The molecule has 0 radical (unpaired) electrons. The van der Waals surface area contributed by atoms with Gasteiger partial charge in [0.25, 0.3) is 5.69 Å². The normalized spacial score (nSPS) is 29.6. The van der Waals surface area contributed by atoms with Crippen molar-refractivity contribution < 1.29 is 22.8 Å². The molecule has 9 nitrogen and oxygen atoms in total. The van der Waals surface area contributed by atoms with Crippen molar-refractivity contribution in [2.45, 2.75) is 57.0 Å². The smallest absolute Gasteiger partial charge is 0.270 e. The van der Waals surface area contributed by atoms with Gasteiger partial charge in [0.1, 0.15) is 4.90 Å². The van der Waals surface area contributed by atoms with E-state index in [1.807, 2.05) is 32.6 Å². The maximum atomic E-state index is 13.5. The van der Waals surface area contributed by atoms with Crippen LogP contribution in [0.15, 0.2) is 23.1 Å². The number of nitro benzene ring substituents is 1. The van der Waals surface area contributed by atoms with Gasteiger partial charge in [0.15, 0.2) is 0 Å². The lowest BCUT2D eigenvalue weighted by Gasteiger charge is -2.39. The Morgan fingerprint density at radius 2 is 1.46 bits per heavy atom. The van der Waals surface area contributed by atoms with Crippen molar-refractivity contribution in [3.63, 3.8) is 0 Å². The van der Waals surface area contributed by atoms with E-state index in [1.54, 1.807) is 0 Å². The van der Waals surface area contributed by atoms with Crippen molar-refractivity contribution >= 4 is 21.4 Å². The average Bonchev–Trinajstić information content (AvgIpc) is 2.59. The first-order valence-electron chi connectivity index (χ1n) is 9.42. The number of anilines is 1. The molecule has 2 heterocycles. The van der Waals surface area contributed by atoms with Crippen molar-refractivity contribution in [3.05, 3.63) is 28.3 Å². The molecule has 1 aromatic rings. The Morgan fingerprint density at radius 3 is 1.96 bits per heavy atom. The minimum Gasteiger partial charge on any atom is -0.373 e. The quantitative estimate of drug-likeness (QED) is 0.549. The summed E-state index contributed by atoms with van der Waals surface area (Å²) in [4.78, 5) is 12.6. The zero-order valence-corrected chi connectivity index (χ0v) is 17.4. The van der Waals surface area contributed by atoms with Crippen LogP contribution < -0.4 is 4.90 Å². The van der Waals surface area contributed by atoms with Crippen LogP contribution in [0.25, 0.3) is 0 Å². The lowest BCUT2D eigenvalue weighted by atomic mass is 10.2. The number of rotatable bonds is 4. The monoisotopic (exact) mass is 413 g/mol. The highest BCUT2D eigenvalue weighted by atomic mass is 32.2. The fourth-order valence-corrected chi connectivity index (χ4v) is 5.75. The molecule has 2 fully saturated rings. The summed E-state index contributed by atoms with van der Waals surface area (Å²) >= 11 is 0. The molecule has 28 heavy (non-hydrogen) atoms. The van der Waals surface area contributed by atoms with Crippen molar-refractivity contribution in [1.82, 2.24) is 4.31 Å². The van der Waals surface area contributed by atoms with E-state index in [2.05, 4.69) is 0 Å². The third kappa shape index (κ3) is 4.29. The molecule has 0 N–H and O–H groups in total. The SMILES string of the molecule is C[C@@H]1CN(S(=O)(=O)c2cc([N+](=O)[O-])ccc2N2C[C@H](C)O[C@@H](C)C2)C[C@H](C)O1. The molecule has 0 saturated carbocycles. The van der Waals surface area contributed by atoms with Crippen LogP contribution in [0, 0.1) is 10.1 Å². The minimum absolute atomic E-state index is 0.0377. The zero-order valence-electron chi connectivity index (χ0n) is 16.6. The molecule has 4 atom stereocenters. The molecular formula is C18H27N3O6S. The third-order valence-corrected chi connectivity index (χ3v) is 6.78. The summed E-state index contributed by atoms with van der Waals surface area (Å²) in [7, 11) is -3.93. The summed E-state index contributed by atoms with van der Waals surface area (Å²) in [6.07, 6.45) is -0.635. The molecule has 3 rings (SSSR count). The van der Waals surface area contributed by atoms with Crippen molar-refractivity contribution in [2.24, 2.45) is 0 Å². The first-order valence-corrected chi connectivity index (χ1v) is 10.9. The number of non-ortho nitro benzene ring substituents is 1. The number of morpholine rings is 2. The maximum Gasteiger partial charge on any atom is 0.270 e. The molecule has 0 amide bonds. The highest BCUT2D eigenvalue weighted by Gasteiger charge is 2.36. The van der Waals surface area contributed by atoms with Crippen LogP contribution in [0.3, 0.4) is 0 Å². The average molecular weight is 413 g/mol. The van der Waals surface area contributed by atoms with Crippen LogP contribution in [0.2, 0.25) is 0 Å². The predicted octanol–water partition coefficient (Wildman–Crippen LogP) is 2.01. The Hall–Kier alpha value is -1.75. The Morgan fingerprint density at radius 1 is 0.964 bits per heavy atom. The van der Waals surface area contributed by atoms with Crippen molar-refractivity contribution in [1.29, 1.82) is 0 Å². The largest absolute Gasteiger partial charge is 0.373 e. The second-order valence-corrected chi connectivity index (χ2v) is 9.56. The molecule has 0 unspecified atom stereocenters. The number of nitro groups is 1. The topological polar surface area (TPSA) is 102 Å². The number of sulfonamides is 1. The highest BCUT2D eigenvalue weighted by Crippen LogP contribution is 2.34. The van der Waals surface area contributed by atoms with Gasteiger partial charge in [-0.25, -0.2) is 8.42 Å². The molecule has 1 aromatic carbocycles. The highest BCUT2D eigenvalue weighted by molar-refractivity contribution is 7.89. The van der Waals surface area contributed by atoms with E-state index in [1.165, 1.54) is 22.5 Å². The predicted molar refractivity (Wildman–Crippen MR) is 104 cm³/mol. The zero-order chi connectivity index (χ0) is 20.6. The fraction of sp³-hybridized carbons (Fsp3) is 0.667. The lowest BCUT2D eigenvalue weighted by Crippen LogP contribution is -2.49. The van der Waals surface area contributed by atoms with Crippen molar-refractivity contribution in [3.8, 4) is 0 Å². The molecule has 10 heteroatoms. The molecule has 0 bridgehead atoms. The summed E-state index contributed by atoms with van der Waals surface area (Å²) < 4.78 is 39.7. The Bertz CT molecular complexity index is 826. The molecule has 0 aliphatic carbocycles. The molecule has 0 spiro atoms. The van der Waals surface area contributed by atoms with Gasteiger partial charge >= 0.3 is 0 Å². The van der Waals surface area contributed by atoms with Crippen LogP contribution in [-0.4, -0.2) is 68.2 Å². The summed E-state index contributed by atoms with van der Waals surface area (Å²) in [6, 6.07) is 4.05. The van der Waals surface area contributed by atoms with Gasteiger partial charge in [-0.3, -0.25) is 10.1 Å². The Labute approximate surface area is 165 Å². The maximum absolute atomic E-state index is 13.5. The molecule has 2 aliphatic heterocycles. The first-order chi connectivity index (χ1) is 13.1. The van der Waals surface area contributed by atoms with Gasteiger partial charge in [0.05, 0.1) is 35.0 Å².